The minimum Gasteiger partial charge on any atom is -0.375 e. The average Bonchev–Trinajstić information content (AvgIpc) is 2.47. The van der Waals surface area contributed by atoms with Gasteiger partial charge in [0.05, 0.1) is 19.3 Å². The average molecular weight is 318 g/mol. The zero-order valence-electron chi connectivity index (χ0n) is 10.6. The number of hydrogen-bond donors (Lipinski definition) is 1. The molecular formula is C16H16BrNO. The highest BCUT2D eigenvalue weighted by Crippen LogP contribution is 2.24. The van der Waals surface area contributed by atoms with Gasteiger partial charge in [-0.1, -0.05) is 52.3 Å². The second kappa shape index (κ2) is 5.87. The van der Waals surface area contributed by atoms with Crippen molar-refractivity contribution in [2.24, 2.45) is 0 Å². The van der Waals surface area contributed by atoms with Crippen LogP contribution in [0.4, 0.5) is 0 Å². The third-order valence-electron chi connectivity index (χ3n) is 3.44. The summed E-state index contributed by atoms with van der Waals surface area (Å²) in [5, 5.41) is 3.57. The van der Waals surface area contributed by atoms with Crippen molar-refractivity contribution in [3.8, 4) is 0 Å². The van der Waals surface area contributed by atoms with Crippen LogP contribution in [0.3, 0.4) is 0 Å². The molecule has 19 heavy (non-hydrogen) atoms. The molecule has 0 amide bonds. The molecule has 1 aliphatic rings. The van der Waals surface area contributed by atoms with Crippen molar-refractivity contribution < 1.29 is 4.74 Å². The fourth-order valence-electron chi connectivity index (χ4n) is 2.39. The predicted octanol–water partition coefficient (Wildman–Crippen LogP) is 3.81. The molecular weight excluding hydrogens is 302 g/mol. The van der Waals surface area contributed by atoms with Crippen molar-refractivity contribution in [3.05, 3.63) is 69.7 Å². The van der Waals surface area contributed by atoms with Gasteiger partial charge in [-0.05, 0) is 28.8 Å². The molecule has 3 rings (SSSR count). The molecule has 0 saturated heterocycles. The Hall–Kier alpha value is -1.16. The van der Waals surface area contributed by atoms with Gasteiger partial charge in [0.1, 0.15) is 0 Å². The Kier molecular flexibility index (Phi) is 3.97. The van der Waals surface area contributed by atoms with Crippen molar-refractivity contribution in [2.75, 3.05) is 6.61 Å². The monoisotopic (exact) mass is 317 g/mol. The highest BCUT2D eigenvalue weighted by molar-refractivity contribution is 9.10. The number of benzene rings is 2. The summed E-state index contributed by atoms with van der Waals surface area (Å²) >= 11 is 3.45. The van der Waals surface area contributed by atoms with Crippen LogP contribution in [0.15, 0.2) is 53.0 Å². The number of hydrogen-bond acceptors (Lipinski definition) is 2. The van der Waals surface area contributed by atoms with Crippen LogP contribution in [-0.2, 0) is 17.9 Å². The molecule has 1 aliphatic heterocycles. The van der Waals surface area contributed by atoms with Crippen LogP contribution in [0, 0.1) is 0 Å². The fraction of sp³-hybridized carbons (Fsp3) is 0.250. The third kappa shape index (κ3) is 3.06. The van der Waals surface area contributed by atoms with Gasteiger partial charge in [0, 0.05) is 11.0 Å². The molecule has 2 aromatic rings. The van der Waals surface area contributed by atoms with Gasteiger partial charge in [-0.3, -0.25) is 0 Å². The molecule has 0 aliphatic carbocycles. The summed E-state index contributed by atoms with van der Waals surface area (Å²) in [7, 11) is 0. The first kappa shape index (κ1) is 12.9. The first-order valence-corrected chi connectivity index (χ1v) is 7.25. The number of fused-ring (bicyclic) bond motifs is 1. The van der Waals surface area contributed by atoms with Crippen LogP contribution >= 0.6 is 15.9 Å². The van der Waals surface area contributed by atoms with Crippen molar-refractivity contribution in [3.63, 3.8) is 0 Å². The Labute approximate surface area is 121 Å². The summed E-state index contributed by atoms with van der Waals surface area (Å²) in [5.41, 5.74) is 3.94. The van der Waals surface area contributed by atoms with E-state index in [2.05, 4.69) is 69.8 Å². The zero-order valence-corrected chi connectivity index (χ0v) is 12.2. The summed E-state index contributed by atoms with van der Waals surface area (Å²) in [6.07, 6.45) is 0. The highest BCUT2D eigenvalue weighted by Gasteiger charge is 2.19. The van der Waals surface area contributed by atoms with E-state index in [9.17, 15) is 0 Å². The van der Waals surface area contributed by atoms with Gasteiger partial charge in [0.2, 0.25) is 0 Å². The maximum absolute atomic E-state index is 5.65. The van der Waals surface area contributed by atoms with E-state index in [0.717, 1.165) is 24.2 Å². The van der Waals surface area contributed by atoms with Gasteiger partial charge in [-0.25, -0.2) is 0 Å². The summed E-state index contributed by atoms with van der Waals surface area (Å²) in [4.78, 5) is 0. The topological polar surface area (TPSA) is 21.3 Å². The standard InChI is InChI=1S/C16H16BrNO/c17-14-7-5-12(6-8-14)9-18-16-11-19-10-13-3-1-2-4-15(13)16/h1-8,16,18H,9-11H2. The summed E-state index contributed by atoms with van der Waals surface area (Å²) in [6, 6.07) is 17.2. The number of halogens is 1. The second-order valence-electron chi connectivity index (χ2n) is 4.77. The van der Waals surface area contributed by atoms with Gasteiger partial charge in [-0.15, -0.1) is 0 Å². The van der Waals surface area contributed by atoms with Crippen LogP contribution in [0.1, 0.15) is 22.7 Å². The zero-order chi connectivity index (χ0) is 13.1. The van der Waals surface area contributed by atoms with Crippen molar-refractivity contribution in [1.29, 1.82) is 0 Å². The first-order chi connectivity index (χ1) is 9.33. The van der Waals surface area contributed by atoms with E-state index in [1.165, 1.54) is 16.7 Å². The van der Waals surface area contributed by atoms with Crippen LogP contribution in [0.5, 0.6) is 0 Å². The Morgan fingerprint density at radius 3 is 2.74 bits per heavy atom. The van der Waals surface area contributed by atoms with Crippen LogP contribution < -0.4 is 5.32 Å². The maximum atomic E-state index is 5.65. The van der Waals surface area contributed by atoms with E-state index in [1.807, 2.05) is 0 Å². The van der Waals surface area contributed by atoms with Gasteiger partial charge in [0.25, 0.3) is 0 Å². The lowest BCUT2D eigenvalue weighted by Crippen LogP contribution is -2.29. The van der Waals surface area contributed by atoms with Gasteiger partial charge < -0.3 is 10.1 Å². The molecule has 0 spiro atoms. The quantitative estimate of drug-likeness (QED) is 0.929. The van der Waals surface area contributed by atoms with Gasteiger partial charge in [-0.2, -0.15) is 0 Å². The molecule has 0 bridgehead atoms. The van der Waals surface area contributed by atoms with E-state index in [-0.39, 0.29) is 6.04 Å². The number of nitrogens with one attached hydrogen (secondary N) is 1. The molecule has 3 heteroatoms. The molecule has 1 unspecified atom stereocenters. The fourth-order valence-corrected chi connectivity index (χ4v) is 2.66. The van der Waals surface area contributed by atoms with E-state index >= 15 is 0 Å². The van der Waals surface area contributed by atoms with E-state index < -0.39 is 0 Å². The molecule has 0 aromatic heterocycles. The lowest BCUT2D eigenvalue weighted by Gasteiger charge is -2.26. The summed E-state index contributed by atoms with van der Waals surface area (Å²) in [6.45, 7) is 2.33. The molecule has 2 aromatic carbocycles. The smallest absolute Gasteiger partial charge is 0.0721 e. The van der Waals surface area contributed by atoms with Gasteiger partial charge >= 0.3 is 0 Å². The Balaban J connectivity index is 1.69. The summed E-state index contributed by atoms with van der Waals surface area (Å²) in [5.74, 6) is 0. The highest BCUT2D eigenvalue weighted by atomic mass is 79.9. The molecule has 0 fully saturated rings. The van der Waals surface area contributed by atoms with Crippen LogP contribution in [-0.4, -0.2) is 6.61 Å². The first-order valence-electron chi connectivity index (χ1n) is 6.46. The van der Waals surface area contributed by atoms with E-state index in [4.69, 9.17) is 4.74 Å². The summed E-state index contributed by atoms with van der Waals surface area (Å²) < 4.78 is 6.76. The van der Waals surface area contributed by atoms with E-state index in [1.54, 1.807) is 0 Å². The lowest BCUT2D eigenvalue weighted by molar-refractivity contribution is 0.0817. The molecule has 98 valence electrons. The maximum Gasteiger partial charge on any atom is 0.0721 e. The normalized spacial score (nSPS) is 18.1. The van der Waals surface area contributed by atoms with Crippen molar-refractivity contribution in [1.82, 2.24) is 5.32 Å². The molecule has 0 radical (unpaired) electrons. The largest absolute Gasteiger partial charge is 0.375 e. The predicted molar refractivity (Wildman–Crippen MR) is 79.8 cm³/mol. The number of ether oxygens (including phenoxy) is 1. The van der Waals surface area contributed by atoms with Crippen molar-refractivity contribution >= 4 is 15.9 Å². The molecule has 0 saturated carbocycles. The van der Waals surface area contributed by atoms with Crippen LogP contribution in [0.25, 0.3) is 0 Å². The van der Waals surface area contributed by atoms with E-state index in [0.29, 0.717) is 0 Å². The van der Waals surface area contributed by atoms with Crippen molar-refractivity contribution in [2.45, 2.75) is 19.2 Å². The Morgan fingerprint density at radius 2 is 1.89 bits per heavy atom. The second-order valence-corrected chi connectivity index (χ2v) is 5.69. The molecule has 1 atom stereocenters. The lowest BCUT2D eigenvalue weighted by atomic mass is 9.99. The minimum absolute atomic E-state index is 0.286. The van der Waals surface area contributed by atoms with Crippen LogP contribution in [0.2, 0.25) is 0 Å². The SMILES string of the molecule is Brc1ccc(CNC2COCc3ccccc32)cc1. The number of rotatable bonds is 3. The molecule has 2 nitrogen and oxygen atoms in total. The Bertz CT molecular complexity index is 553. The van der Waals surface area contributed by atoms with Gasteiger partial charge in [0.15, 0.2) is 0 Å². The molecule has 1 N–H and O–H groups in total. The molecule has 1 heterocycles. The third-order valence-corrected chi connectivity index (χ3v) is 3.97. The minimum atomic E-state index is 0.286. The Morgan fingerprint density at radius 1 is 1.11 bits per heavy atom.